The zero-order chi connectivity index (χ0) is 12.7. The van der Waals surface area contributed by atoms with E-state index in [1.807, 2.05) is 13.3 Å². The van der Waals surface area contributed by atoms with Gasteiger partial charge < -0.3 is 4.98 Å². The maximum absolute atomic E-state index is 14.1. The van der Waals surface area contributed by atoms with Gasteiger partial charge >= 0.3 is 0 Å². The molecule has 2 aromatic rings. The number of aromatic nitrogens is 2. The molecule has 17 heavy (non-hydrogen) atoms. The van der Waals surface area contributed by atoms with Crippen molar-refractivity contribution < 1.29 is 4.39 Å². The van der Waals surface area contributed by atoms with E-state index in [1.54, 1.807) is 13.0 Å². The fourth-order valence-corrected chi connectivity index (χ4v) is 3.88. The molecule has 1 heterocycles. The summed E-state index contributed by atoms with van der Waals surface area (Å²) < 4.78 is 14.5. The lowest BCUT2D eigenvalue weighted by molar-refractivity contribution is 0.630. The van der Waals surface area contributed by atoms with Crippen LogP contribution in [0, 0.1) is 12.7 Å². The number of aromatic amines is 1. The fraction of sp³-hybridized carbons (Fsp3) is 0.273. The van der Waals surface area contributed by atoms with Crippen molar-refractivity contribution in [3.63, 3.8) is 0 Å². The molecule has 0 aliphatic rings. The summed E-state index contributed by atoms with van der Waals surface area (Å²) in [4.78, 5) is 18.4. The van der Waals surface area contributed by atoms with Gasteiger partial charge in [-0.1, -0.05) is 7.92 Å². The summed E-state index contributed by atoms with van der Waals surface area (Å²) in [5.41, 5.74) is -0.171. The largest absolute Gasteiger partial charge is 0.310 e. The van der Waals surface area contributed by atoms with Gasteiger partial charge in [0.1, 0.15) is 11.3 Å². The number of hydrogen-bond donors (Lipinski definition) is 1. The summed E-state index contributed by atoms with van der Waals surface area (Å²) in [6, 6.07) is 1.72. The van der Waals surface area contributed by atoms with Crippen LogP contribution in [-0.4, -0.2) is 23.3 Å². The highest BCUT2D eigenvalue weighted by Gasteiger charge is 2.16. The van der Waals surface area contributed by atoms with E-state index in [9.17, 15) is 9.18 Å². The van der Waals surface area contributed by atoms with Crippen molar-refractivity contribution in [2.24, 2.45) is 0 Å². The average molecular weight is 317 g/mol. The Bertz CT molecular complexity index is 654. The summed E-state index contributed by atoms with van der Waals surface area (Å²) >= 11 is 3.24. The zero-order valence-electron chi connectivity index (χ0n) is 9.64. The van der Waals surface area contributed by atoms with Crippen LogP contribution in [0.5, 0.6) is 0 Å². The van der Waals surface area contributed by atoms with Gasteiger partial charge in [-0.05, 0) is 47.6 Å². The van der Waals surface area contributed by atoms with Gasteiger partial charge in [-0.2, -0.15) is 0 Å². The third kappa shape index (κ3) is 2.14. The number of nitrogens with one attached hydrogen (secondary N) is 1. The molecule has 90 valence electrons. The summed E-state index contributed by atoms with van der Waals surface area (Å²) in [7, 11) is -0.493. The third-order valence-corrected chi connectivity index (χ3v) is 4.86. The first-order chi connectivity index (χ1) is 7.91. The number of benzene rings is 1. The summed E-state index contributed by atoms with van der Waals surface area (Å²) in [5, 5.41) is 1.14. The summed E-state index contributed by atoms with van der Waals surface area (Å²) in [6.07, 6.45) is 0. The molecular formula is C11H11BrFN2OP. The SMILES string of the molecule is Cc1nc2c(F)c(Br)c(P(C)C)cc2c(=O)[nH]1. The molecule has 6 heteroatoms. The molecule has 0 unspecified atom stereocenters. The van der Waals surface area contributed by atoms with E-state index < -0.39 is 13.7 Å². The monoisotopic (exact) mass is 316 g/mol. The van der Waals surface area contributed by atoms with Crippen LogP contribution in [0.1, 0.15) is 5.82 Å². The van der Waals surface area contributed by atoms with Gasteiger partial charge in [0.25, 0.3) is 5.56 Å². The number of H-pyrrole nitrogens is 1. The molecule has 0 atom stereocenters. The van der Waals surface area contributed by atoms with E-state index in [2.05, 4.69) is 25.9 Å². The molecule has 0 radical (unpaired) electrons. The lowest BCUT2D eigenvalue weighted by atomic mass is 10.2. The lowest BCUT2D eigenvalue weighted by Crippen LogP contribution is -2.15. The van der Waals surface area contributed by atoms with Gasteiger partial charge in [0.2, 0.25) is 0 Å². The number of fused-ring (bicyclic) bond motifs is 1. The van der Waals surface area contributed by atoms with E-state index in [0.29, 0.717) is 15.7 Å². The molecule has 0 amide bonds. The standard InChI is InChI=1S/C11H11BrFN2OP/c1-5-14-10-6(11(16)15-5)4-7(17(2)3)8(12)9(10)13/h4H,1-3H3,(H,14,15,16). The van der Waals surface area contributed by atoms with Gasteiger partial charge in [-0.25, -0.2) is 9.37 Å². The molecule has 1 N–H and O–H groups in total. The van der Waals surface area contributed by atoms with E-state index in [0.717, 1.165) is 5.30 Å². The van der Waals surface area contributed by atoms with Gasteiger partial charge in [0.15, 0.2) is 5.82 Å². The first kappa shape index (κ1) is 12.7. The van der Waals surface area contributed by atoms with Gasteiger partial charge in [-0.15, -0.1) is 0 Å². The Labute approximate surface area is 107 Å². The molecule has 0 bridgehead atoms. The Morgan fingerprint density at radius 3 is 2.71 bits per heavy atom. The van der Waals surface area contributed by atoms with Crippen LogP contribution in [0.25, 0.3) is 10.9 Å². The van der Waals surface area contributed by atoms with E-state index >= 15 is 0 Å². The fourth-order valence-electron chi connectivity index (χ4n) is 1.64. The van der Waals surface area contributed by atoms with Crippen molar-refractivity contribution in [2.75, 3.05) is 13.3 Å². The van der Waals surface area contributed by atoms with Crippen molar-refractivity contribution in [2.45, 2.75) is 6.92 Å². The minimum Gasteiger partial charge on any atom is -0.310 e. The Kier molecular flexibility index (Phi) is 3.32. The smallest absolute Gasteiger partial charge is 0.258 e. The predicted molar refractivity (Wildman–Crippen MR) is 73.2 cm³/mol. The van der Waals surface area contributed by atoms with Crippen LogP contribution < -0.4 is 10.9 Å². The van der Waals surface area contributed by atoms with Crippen LogP contribution in [-0.2, 0) is 0 Å². The molecule has 3 nitrogen and oxygen atoms in total. The van der Waals surface area contributed by atoms with Crippen LogP contribution in [0.2, 0.25) is 0 Å². The zero-order valence-corrected chi connectivity index (χ0v) is 12.1. The molecule has 2 rings (SSSR count). The number of halogens is 2. The minimum atomic E-state index is -0.493. The summed E-state index contributed by atoms with van der Waals surface area (Å²) in [5.74, 6) is -0.0424. The molecular weight excluding hydrogens is 306 g/mol. The van der Waals surface area contributed by atoms with Crippen molar-refractivity contribution in [1.29, 1.82) is 0 Å². The molecule has 0 saturated heterocycles. The second kappa shape index (κ2) is 4.46. The first-order valence-corrected chi connectivity index (χ1v) is 8.00. The van der Waals surface area contributed by atoms with Crippen molar-refractivity contribution in [1.82, 2.24) is 9.97 Å². The van der Waals surface area contributed by atoms with Crippen molar-refractivity contribution >= 4 is 40.1 Å². The molecule has 0 fully saturated rings. The highest BCUT2D eigenvalue weighted by molar-refractivity contribution is 9.10. The average Bonchev–Trinajstić information content (AvgIpc) is 2.23. The topological polar surface area (TPSA) is 45.8 Å². The Morgan fingerprint density at radius 1 is 1.47 bits per heavy atom. The van der Waals surface area contributed by atoms with Crippen LogP contribution in [0.3, 0.4) is 0 Å². The van der Waals surface area contributed by atoms with E-state index in [4.69, 9.17) is 0 Å². The Balaban J connectivity index is 2.96. The molecule has 1 aromatic heterocycles. The van der Waals surface area contributed by atoms with Crippen LogP contribution in [0.4, 0.5) is 4.39 Å². The van der Waals surface area contributed by atoms with Crippen molar-refractivity contribution in [3.8, 4) is 0 Å². The molecule has 0 aliphatic carbocycles. The Morgan fingerprint density at radius 2 is 2.12 bits per heavy atom. The maximum Gasteiger partial charge on any atom is 0.258 e. The predicted octanol–water partition coefficient (Wildman–Crippen LogP) is 2.50. The van der Waals surface area contributed by atoms with Gasteiger partial charge in [0.05, 0.1) is 9.86 Å². The quantitative estimate of drug-likeness (QED) is 0.822. The molecule has 0 saturated carbocycles. The number of rotatable bonds is 1. The highest BCUT2D eigenvalue weighted by atomic mass is 79.9. The highest BCUT2D eigenvalue weighted by Crippen LogP contribution is 2.32. The maximum atomic E-state index is 14.1. The summed E-state index contributed by atoms with van der Waals surface area (Å²) in [6.45, 7) is 5.65. The minimum absolute atomic E-state index is 0.124. The second-order valence-corrected chi connectivity index (χ2v) is 7.03. The van der Waals surface area contributed by atoms with E-state index in [1.165, 1.54) is 0 Å². The normalized spacial score (nSPS) is 11.4. The van der Waals surface area contributed by atoms with Crippen LogP contribution in [0.15, 0.2) is 15.3 Å². The second-order valence-electron chi connectivity index (χ2n) is 3.97. The van der Waals surface area contributed by atoms with Gasteiger partial charge in [0, 0.05) is 0 Å². The Hall–Kier alpha value is -0.800. The number of nitrogens with zero attached hydrogens (tertiary/aromatic N) is 1. The third-order valence-electron chi connectivity index (χ3n) is 2.46. The first-order valence-electron chi connectivity index (χ1n) is 4.97. The number of aryl methyl sites for hydroxylation is 1. The van der Waals surface area contributed by atoms with Crippen molar-refractivity contribution in [3.05, 3.63) is 32.5 Å². The lowest BCUT2D eigenvalue weighted by Gasteiger charge is -2.11. The van der Waals surface area contributed by atoms with Gasteiger partial charge in [-0.3, -0.25) is 4.79 Å². The van der Waals surface area contributed by atoms with Crippen LogP contribution >= 0.6 is 23.9 Å². The molecule has 0 spiro atoms. The molecule has 1 aromatic carbocycles. The van der Waals surface area contributed by atoms with E-state index in [-0.39, 0.29) is 11.1 Å². The molecule has 0 aliphatic heterocycles. The number of hydrogen-bond acceptors (Lipinski definition) is 2.